The van der Waals surface area contributed by atoms with E-state index in [9.17, 15) is 9.59 Å². The van der Waals surface area contributed by atoms with Crippen LogP contribution in [0, 0.1) is 0 Å². The second-order valence-corrected chi connectivity index (χ2v) is 8.46. The second-order valence-electron chi connectivity index (χ2n) is 8.46. The third-order valence-corrected chi connectivity index (χ3v) is 6.14. The van der Waals surface area contributed by atoms with E-state index in [0.717, 1.165) is 37.7 Å². The van der Waals surface area contributed by atoms with Gasteiger partial charge in [0.2, 0.25) is 11.2 Å². The molecule has 6 nitrogen and oxygen atoms in total. The molecule has 1 fully saturated rings. The molecule has 1 saturated carbocycles. The van der Waals surface area contributed by atoms with Crippen molar-refractivity contribution in [3.05, 3.63) is 58.3 Å². The molecule has 1 aliphatic rings. The first-order chi connectivity index (χ1) is 16.0. The summed E-state index contributed by atoms with van der Waals surface area (Å²) in [5, 5.41) is 0.425. The minimum Gasteiger partial charge on any atom is -0.497 e. The highest BCUT2D eigenvalue weighted by molar-refractivity contribution is 5.83. The van der Waals surface area contributed by atoms with E-state index in [1.165, 1.54) is 6.42 Å². The highest BCUT2D eigenvalue weighted by Gasteiger charge is 2.26. The van der Waals surface area contributed by atoms with Gasteiger partial charge in [0.25, 0.3) is 0 Å². The summed E-state index contributed by atoms with van der Waals surface area (Å²) < 4.78 is 23.0. The quantitative estimate of drug-likeness (QED) is 0.432. The second kappa shape index (κ2) is 10.1. The van der Waals surface area contributed by atoms with Crippen LogP contribution in [-0.2, 0) is 16.0 Å². The summed E-state index contributed by atoms with van der Waals surface area (Å²) in [7, 11) is 1.59. The van der Waals surface area contributed by atoms with Crippen LogP contribution in [0.1, 0.15) is 51.5 Å². The van der Waals surface area contributed by atoms with E-state index < -0.39 is 12.1 Å². The van der Waals surface area contributed by atoms with E-state index in [1.807, 2.05) is 19.1 Å². The largest absolute Gasteiger partial charge is 0.497 e. The van der Waals surface area contributed by atoms with Crippen LogP contribution in [-0.4, -0.2) is 25.3 Å². The lowest BCUT2D eigenvalue weighted by atomic mass is 9.98. The maximum absolute atomic E-state index is 13.5. The lowest BCUT2D eigenvalue weighted by molar-refractivity contribution is -0.158. The molecule has 0 amide bonds. The average Bonchev–Trinajstić information content (AvgIpc) is 2.86. The Kier molecular flexibility index (Phi) is 7.02. The van der Waals surface area contributed by atoms with Gasteiger partial charge in [-0.1, -0.05) is 19.4 Å². The minimum absolute atomic E-state index is 0.00835. The Hall–Kier alpha value is -3.28. The fraction of sp³-hybridized carbons (Fsp3) is 0.407. The zero-order chi connectivity index (χ0) is 23.4. The van der Waals surface area contributed by atoms with Crippen molar-refractivity contribution in [1.29, 1.82) is 0 Å². The van der Waals surface area contributed by atoms with Gasteiger partial charge in [-0.15, -0.1) is 0 Å². The number of methoxy groups -OCH3 is 1. The van der Waals surface area contributed by atoms with Gasteiger partial charge in [-0.25, -0.2) is 4.79 Å². The molecular weight excluding hydrogens is 420 g/mol. The number of benzene rings is 2. The number of rotatable bonds is 7. The van der Waals surface area contributed by atoms with Gasteiger partial charge in [0.05, 0.1) is 12.5 Å². The smallest absolute Gasteiger partial charge is 0.347 e. The van der Waals surface area contributed by atoms with E-state index in [4.69, 9.17) is 18.6 Å². The predicted molar refractivity (Wildman–Crippen MR) is 127 cm³/mol. The lowest BCUT2D eigenvalue weighted by Crippen LogP contribution is -2.32. The van der Waals surface area contributed by atoms with Crippen molar-refractivity contribution in [2.24, 2.45) is 0 Å². The number of esters is 1. The van der Waals surface area contributed by atoms with Gasteiger partial charge in [-0.2, -0.15) is 0 Å². The highest BCUT2D eigenvalue weighted by Crippen LogP contribution is 2.33. The molecule has 33 heavy (non-hydrogen) atoms. The van der Waals surface area contributed by atoms with E-state index in [-0.39, 0.29) is 23.0 Å². The normalized spacial score (nSPS) is 15.2. The van der Waals surface area contributed by atoms with Crippen LogP contribution >= 0.6 is 0 Å². The van der Waals surface area contributed by atoms with Crippen molar-refractivity contribution in [3.8, 4) is 22.8 Å². The Morgan fingerprint density at radius 1 is 1.09 bits per heavy atom. The lowest BCUT2D eigenvalue weighted by Gasteiger charge is -2.24. The summed E-state index contributed by atoms with van der Waals surface area (Å²) in [5.74, 6) is 0.497. The van der Waals surface area contributed by atoms with E-state index >= 15 is 0 Å². The Bertz CT molecular complexity index is 1170. The summed E-state index contributed by atoms with van der Waals surface area (Å²) in [6, 6.07) is 12.7. The molecular formula is C27H30O6. The maximum Gasteiger partial charge on any atom is 0.347 e. The molecule has 4 rings (SSSR count). The van der Waals surface area contributed by atoms with Crippen LogP contribution in [0.15, 0.2) is 51.7 Å². The van der Waals surface area contributed by atoms with E-state index in [1.54, 1.807) is 44.4 Å². The fourth-order valence-corrected chi connectivity index (χ4v) is 4.15. The third kappa shape index (κ3) is 5.05. The Morgan fingerprint density at radius 2 is 1.82 bits per heavy atom. The first-order valence-corrected chi connectivity index (χ1v) is 11.6. The van der Waals surface area contributed by atoms with Crippen LogP contribution in [0.2, 0.25) is 0 Å². The molecule has 0 spiro atoms. The molecule has 1 atom stereocenters. The van der Waals surface area contributed by atoms with Crippen molar-refractivity contribution in [3.63, 3.8) is 0 Å². The number of carbonyl (C=O) groups excluding carboxylic acids is 1. The van der Waals surface area contributed by atoms with Gasteiger partial charge in [0.15, 0.2) is 11.9 Å². The molecule has 0 saturated heterocycles. The monoisotopic (exact) mass is 450 g/mol. The number of fused-ring (bicyclic) bond motifs is 1. The zero-order valence-electron chi connectivity index (χ0n) is 19.4. The first-order valence-electron chi connectivity index (χ1n) is 11.6. The molecule has 0 bridgehead atoms. The molecule has 6 heteroatoms. The molecule has 1 unspecified atom stereocenters. The standard InChI is InChI=1S/C27H30O6/c1-4-18-10-15-23-22(16-18)24(28)26(25(33-23)19-11-13-20(30-3)14-12-19)31-17(2)27(29)32-21-8-6-5-7-9-21/h10-17,21H,4-9H2,1-3H3. The molecule has 0 aliphatic heterocycles. The molecule has 3 aromatic rings. The summed E-state index contributed by atoms with van der Waals surface area (Å²) in [4.78, 5) is 26.2. The number of hydrogen-bond donors (Lipinski definition) is 0. The average molecular weight is 451 g/mol. The van der Waals surface area contributed by atoms with Crippen molar-refractivity contribution in [2.45, 2.75) is 64.6 Å². The summed E-state index contributed by atoms with van der Waals surface area (Å²) in [6.45, 7) is 3.63. The zero-order valence-corrected chi connectivity index (χ0v) is 19.4. The van der Waals surface area contributed by atoms with Crippen LogP contribution in [0.5, 0.6) is 11.5 Å². The predicted octanol–water partition coefficient (Wildman–Crippen LogP) is 5.67. The Balaban J connectivity index is 1.72. The molecule has 0 N–H and O–H groups in total. The molecule has 1 aliphatic carbocycles. The van der Waals surface area contributed by atoms with Crippen LogP contribution in [0.4, 0.5) is 0 Å². The number of carbonyl (C=O) groups is 1. The fourth-order valence-electron chi connectivity index (χ4n) is 4.15. The van der Waals surface area contributed by atoms with E-state index in [2.05, 4.69) is 0 Å². The van der Waals surface area contributed by atoms with Gasteiger partial charge < -0.3 is 18.6 Å². The van der Waals surface area contributed by atoms with Gasteiger partial charge in [0, 0.05) is 5.56 Å². The van der Waals surface area contributed by atoms with Crippen molar-refractivity contribution in [2.75, 3.05) is 7.11 Å². The summed E-state index contributed by atoms with van der Waals surface area (Å²) in [6.07, 6.45) is 4.78. The van der Waals surface area contributed by atoms with E-state index in [0.29, 0.717) is 22.3 Å². The van der Waals surface area contributed by atoms with Gasteiger partial charge in [-0.3, -0.25) is 4.79 Å². The summed E-state index contributed by atoms with van der Waals surface area (Å²) >= 11 is 0. The minimum atomic E-state index is -0.946. The van der Waals surface area contributed by atoms with Crippen LogP contribution < -0.4 is 14.9 Å². The Labute approximate surface area is 193 Å². The number of ether oxygens (including phenoxy) is 3. The van der Waals surface area contributed by atoms with Crippen molar-refractivity contribution in [1.82, 2.24) is 0 Å². The maximum atomic E-state index is 13.5. The van der Waals surface area contributed by atoms with Gasteiger partial charge in [0.1, 0.15) is 17.4 Å². The van der Waals surface area contributed by atoms with Gasteiger partial charge in [-0.05, 0) is 81.0 Å². The molecule has 1 aromatic heterocycles. The highest BCUT2D eigenvalue weighted by atomic mass is 16.6. The number of hydrogen-bond acceptors (Lipinski definition) is 6. The van der Waals surface area contributed by atoms with Crippen LogP contribution in [0.3, 0.4) is 0 Å². The topological polar surface area (TPSA) is 75.0 Å². The van der Waals surface area contributed by atoms with Crippen molar-refractivity contribution >= 4 is 16.9 Å². The SMILES string of the molecule is CCc1ccc2oc(-c3ccc(OC)cc3)c(OC(C)C(=O)OC3CCCCC3)c(=O)c2c1. The van der Waals surface area contributed by atoms with Gasteiger partial charge >= 0.3 is 5.97 Å². The first kappa shape index (κ1) is 22.9. The summed E-state index contributed by atoms with van der Waals surface area (Å²) in [5.41, 5.74) is 1.82. The number of aryl methyl sites for hydroxylation is 1. The van der Waals surface area contributed by atoms with Crippen molar-refractivity contribution < 1.29 is 23.4 Å². The van der Waals surface area contributed by atoms with Crippen LogP contribution in [0.25, 0.3) is 22.3 Å². The molecule has 174 valence electrons. The molecule has 2 aromatic carbocycles. The Morgan fingerprint density at radius 3 is 2.48 bits per heavy atom. The third-order valence-electron chi connectivity index (χ3n) is 6.14. The molecule has 0 radical (unpaired) electrons. The molecule has 1 heterocycles.